The highest BCUT2D eigenvalue weighted by Crippen LogP contribution is 2.26. The van der Waals surface area contributed by atoms with Crippen molar-refractivity contribution in [2.45, 2.75) is 19.3 Å². The summed E-state index contributed by atoms with van der Waals surface area (Å²) in [7, 11) is 0. The third-order valence-electron chi connectivity index (χ3n) is 3.21. The first-order chi connectivity index (χ1) is 9.25. The van der Waals surface area contributed by atoms with Crippen LogP contribution in [0.1, 0.15) is 29.8 Å². The van der Waals surface area contributed by atoms with E-state index < -0.39 is 0 Å². The molecule has 1 aromatic rings. The van der Waals surface area contributed by atoms with Gasteiger partial charge in [-0.3, -0.25) is 14.9 Å². The van der Waals surface area contributed by atoms with E-state index >= 15 is 0 Å². The number of H-pyrrole nitrogens is 1. The van der Waals surface area contributed by atoms with Gasteiger partial charge in [-0.2, -0.15) is 5.10 Å². The molecule has 1 aliphatic rings. The largest absolute Gasteiger partial charge is 0.370 e. The van der Waals surface area contributed by atoms with Crippen LogP contribution >= 0.6 is 0 Å². The summed E-state index contributed by atoms with van der Waals surface area (Å²) < 4.78 is 0. The minimum atomic E-state index is -0.177. The molecule has 0 saturated heterocycles. The fourth-order valence-electron chi connectivity index (χ4n) is 1.80. The molecule has 0 unspecified atom stereocenters. The van der Waals surface area contributed by atoms with Crippen LogP contribution in [-0.2, 0) is 0 Å². The van der Waals surface area contributed by atoms with Gasteiger partial charge in [0, 0.05) is 25.8 Å². The Balaban J connectivity index is 1.57. The average Bonchev–Trinajstić information content (AvgIpc) is 2.86. The third kappa shape index (κ3) is 4.27. The summed E-state index contributed by atoms with van der Waals surface area (Å²) in [5, 5.41) is 12.0. The number of nitrogens with zero attached hydrogens (tertiary/aromatic N) is 2. The van der Waals surface area contributed by atoms with E-state index in [0.717, 1.165) is 6.54 Å². The molecule has 1 aromatic heterocycles. The van der Waals surface area contributed by atoms with Crippen LogP contribution in [0, 0.1) is 5.92 Å². The summed E-state index contributed by atoms with van der Waals surface area (Å²) in [5.74, 6) is 0.979. The van der Waals surface area contributed by atoms with Crippen LogP contribution in [0.4, 0.5) is 0 Å². The SMILES string of the molecule is NC(=NCC1CCC1)NCCNC(=O)c1ccn[nH]1. The lowest BCUT2D eigenvalue weighted by molar-refractivity contribution is 0.0949. The van der Waals surface area contributed by atoms with Gasteiger partial charge >= 0.3 is 0 Å². The molecule has 0 aliphatic heterocycles. The van der Waals surface area contributed by atoms with Crippen molar-refractivity contribution in [3.8, 4) is 0 Å². The zero-order valence-electron chi connectivity index (χ0n) is 10.9. The van der Waals surface area contributed by atoms with E-state index in [1.54, 1.807) is 6.07 Å². The first-order valence-corrected chi connectivity index (χ1v) is 6.57. The highest BCUT2D eigenvalue weighted by atomic mass is 16.1. The zero-order chi connectivity index (χ0) is 13.5. The number of aromatic nitrogens is 2. The Morgan fingerprint density at radius 3 is 2.89 bits per heavy atom. The molecule has 0 aromatic carbocycles. The summed E-state index contributed by atoms with van der Waals surface area (Å²) in [5.41, 5.74) is 6.17. The van der Waals surface area contributed by atoms with Gasteiger partial charge in [-0.05, 0) is 24.8 Å². The minimum Gasteiger partial charge on any atom is -0.370 e. The average molecular weight is 264 g/mol. The summed E-state index contributed by atoms with van der Waals surface area (Å²) in [6.45, 7) is 1.84. The van der Waals surface area contributed by atoms with Crippen molar-refractivity contribution in [2.75, 3.05) is 19.6 Å². The first kappa shape index (κ1) is 13.4. The predicted octanol–water partition coefficient (Wildman–Crippen LogP) is -0.156. The molecule has 19 heavy (non-hydrogen) atoms. The zero-order valence-corrected chi connectivity index (χ0v) is 10.9. The normalized spacial score (nSPS) is 15.9. The molecule has 1 fully saturated rings. The van der Waals surface area contributed by atoms with E-state index in [-0.39, 0.29) is 5.91 Å². The number of rotatable bonds is 6. The molecular weight excluding hydrogens is 244 g/mol. The molecule has 1 saturated carbocycles. The number of hydrogen-bond acceptors (Lipinski definition) is 3. The minimum absolute atomic E-state index is 0.177. The quantitative estimate of drug-likeness (QED) is 0.325. The standard InChI is InChI=1S/C12H20N6O/c13-12(16-8-9-2-1-3-9)15-7-6-14-11(19)10-4-5-17-18-10/h4-5,9H,1-3,6-8H2,(H,14,19)(H,17,18)(H3,13,15,16). The molecule has 0 spiro atoms. The summed E-state index contributed by atoms with van der Waals surface area (Å²) in [6.07, 6.45) is 5.37. The van der Waals surface area contributed by atoms with E-state index in [2.05, 4.69) is 25.8 Å². The van der Waals surface area contributed by atoms with Crippen LogP contribution in [0.25, 0.3) is 0 Å². The second-order valence-electron chi connectivity index (χ2n) is 4.68. The molecule has 0 atom stereocenters. The highest BCUT2D eigenvalue weighted by molar-refractivity contribution is 5.92. The fraction of sp³-hybridized carbons (Fsp3) is 0.583. The van der Waals surface area contributed by atoms with E-state index in [1.807, 2.05) is 0 Å². The van der Waals surface area contributed by atoms with Crippen LogP contribution < -0.4 is 16.4 Å². The Bertz CT molecular complexity index is 423. The molecule has 0 bridgehead atoms. The van der Waals surface area contributed by atoms with Crippen molar-refractivity contribution < 1.29 is 4.79 Å². The Morgan fingerprint density at radius 2 is 2.26 bits per heavy atom. The maximum atomic E-state index is 11.5. The number of nitrogens with two attached hydrogens (primary N) is 1. The fourth-order valence-corrected chi connectivity index (χ4v) is 1.80. The van der Waals surface area contributed by atoms with Crippen molar-refractivity contribution in [3.05, 3.63) is 18.0 Å². The lowest BCUT2D eigenvalue weighted by atomic mass is 9.86. The van der Waals surface area contributed by atoms with Crippen molar-refractivity contribution in [1.82, 2.24) is 20.8 Å². The van der Waals surface area contributed by atoms with Gasteiger partial charge in [0.25, 0.3) is 5.91 Å². The van der Waals surface area contributed by atoms with Gasteiger partial charge in [0.05, 0.1) is 0 Å². The molecule has 7 heteroatoms. The monoisotopic (exact) mass is 264 g/mol. The van der Waals surface area contributed by atoms with Crippen molar-refractivity contribution in [2.24, 2.45) is 16.6 Å². The number of guanidine groups is 1. The molecule has 5 N–H and O–H groups in total. The number of amides is 1. The molecule has 1 heterocycles. The Hall–Kier alpha value is -2.05. The predicted molar refractivity (Wildman–Crippen MR) is 72.8 cm³/mol. The summed E-state index contributed by atoms with van der Waals surface area (Å²) in [6, 6.07) is 1.62. The van der Waals surface area contributed by atoms with Crippen molar-refractivity contribution >= 4 is 11.9 Å². The second kappa shape index (κ2) is 6.77. The maximum Gasteiger partial charge on any atom is 0.269 e. The van der Waals surface area contributed by atoms with Gasteiger partial charge < -0.3 is 16.4 Å². The molecule has 1 aliphatic carbocycles. The van der Waals surface area contributed by atoms with Crippen molar-refractivity contribution in [1.29, 1.82) is 0 Å². The molecule has 7 nitrogen and oxygen atoms in total. The number of carbonyl (C=O) groups is 1. The van der Waals surface area contributed by atoms with Gasteiger partial charge in [0.2, 0.25) is 0 Å². The molecule has 0 radical (unpaired) electrons. The highest BCUT2D eigenvalue weighted by Gasteiger charge is 2.16. The van der Waals surface area contributed by atoms with Crippen LogP contribution in [-0.4, -0.2) is 41.7 Å². The molecular formula is C12H20N6O. The lowest BCUT2D eigenvalue weighted by Crippen LogP contribution is -2.39. The van der Waals surface area contributed by atoms with Gasteiger partial charge in [-0.25, -0.2) is 0 Å². The number of nitrogens with one attached hydrogen (secondary N) is 3. The Morgan fingerprint density at radius 1 is 1.47 bits per heavy atom. The smallest absolute Gasteiger partial charge is 0.269 e. The summed E-state index contributed by atoms with van der Waals surface area (Å²) >= 11 is 0. The number of aromatic amines is 1. The van der Waals surface area contributed by atoms with Gasteiger partial charge in [0.15, 0.2) is 5.96 Å². The number of hydrogen-bond donors (Lipinski definition) is 4. The van der Waals surface area contributed by atoms with E-state index in [1.165, 1.54) is 25.5 Å². The number of aliphatic imine (C=N–C) groups is 1. The van der Waals surface area contributed by atoms with Gasteiger partial charge in [-0.1, -0.05) is 6.42 Å². The van der Waals surface area contributed by atoms with Crippen LogP contribution in [0.5, 0.6) is 0 Å². The Kier molecular flexibility index (Phi) is 4.77. The van der Waals surface area contributed by atoms with Crippen LogP contribution in [0.2, 0.25) is 0 Å². The Labute approximate surface area is 112 Å². The van der Waals surface area contributed by atoms with Crippen LogP contribution in [0.15, 0.2) is 17.3 Å². The van der Waals surface area contributed by atoms with Gasteiger partial charge in [-0.15, -0.1) is 0 Å². The first-order valence-electron chi connectivity index (χ1n) is 6.57. The topological polar surface area (TPSA) is 108 Å². The van der Waals surface area contributed by atoms with E-state index in [4.69, 9.17) is 5.73 Å². The molecule has 104 valence electrons. The van der Waals surface area contributed by atoms with Gasteiger partial charge in [0.1, 0.15) is 5.69 Å². The number of carbonyl (C=O) groups excluding carboxylic acids is 1. The maximum absolute atomic E-state index is 11.5. The summed E-state index contributed by atoms with van der Waals surface area (Å²) in [4.78, 5) is 15.8. The molecule has 2 rings (SSSR count). The van der Waals surface area contributed by atoms with E-state index in [9.17, 15) is 4.79 Å². The molecule has 1 amide bonds. The second-order valence-corrected chi connectivity index (χ2v) is 4.68. The van der Waals surface area contributed by atoms with Crippen LogP contribution in [0.3, 0.4) is 0 Å². The lowest BCUT2D eigenvalue weighted by Gasteiger charge is -2.23. The van der Waals surface area contributed by atoms with E-state index in [0.29, 0.717) is 30.7 Å². The van der Waals surface area contributed by atoms with Crippen molar-refractivity contribution in [3.63, 3.8) is 0 Å². The third-order valence-corrected chi connectivity index (χ3v) is 3.21.